The van der Waals surface area contributed by atoms with Crippen LogP contribution in [-0.2, 0) is 12.3 Å². The van der Waals surface area contributed by atoms with Crippen molar-refractivity contribution >= 4 is 28.6 Å². The molecule has 1 aromatic heterocycles. The number of carbonyl (C=O) groups is 1. The van der Waals surface area contributed by atoms with Crippen LogP contribution in [0.15, 0.2) is 52.4 Å². The summed E-state index contributed by atoms with van der Waals surface area (Å²) < 4.78 is 1.77. The Balaban J connectivity index is 1.97. The van der Waals surface area contributed by atoms with E-state index in [-0.39, 0.29) is 11.5 Å². The standard InChI is InChI=1S/C25H31N3O2S/c1-16(2)13-26-23(29)20-10-11-21-22(12-20)27-25(28(24(21)30)14-17(3)4)31-15-19-8-6-18(5)7-9-19/h6-12,16-17H,13-15H2,1-5H3,(H,26,29). The van der Waals surface area contributed by atoms with Crippen molar-refractivity contribution in [2.24, 2.45) is 11.8 Å². The zero-order valence-electron chi connectivity index (χ0n) is 18.9. The average molecular weight is 438 g/mol. The lowest BCUT2D eigenvalue weighted by molar-refractivity contribution is 0.0949. The van der Waals surface area contributed by atoms with E-state index in [1.165, 1.54) is 11.1 Å². The van der Waals surface area contributed by atoms with Crippen LogP contribution in [0.4, 0.5) is 0 Å². The number of benzene rings is 2. The maximum absolute atomic E-state index is 13.2. The Kier molecular flexibility index (Phi) is 7.55. The second kappa shape index (κ2) is 10.1. The summed E-state index contributed by atoms with van der Waals surface area (Å²) >= 11 is 1.56. The molecular formula is C25H31N3O2S. The Bertz CT molecular complexity index is 1120. The molecule has 1 heterocycles. The molecule has 3 aromatic rings. The van der Waals surface area contributed by atoms with E-state index >= 15 is 0 Å². The van der Waals surface area contributed by atoms with Crippen molar-refractivity contribution in [3.8, 4) is 0 Å². The summed E-state index contributed by atoms with van der Waals surface area (Å²) in [5.41, 5.74) is 3.43. The lowest BCUT2D eigenvalue weighted by atomic mass is 10.1. The average Bonchev–Trinajstić information content (AvgIpc) is 2.73. The van der Waals surface area contributed by atoms with Crippen LogP contribution in [0.5, 0.6) is 0 Å². The summed E-state index contributed by atoms with van der Waals surface area (Å²) in [6.07, 6.45) is 0. The lowest BCUT2D eigenvalue weighted by Gasteiger charge is -2.15. The molecule has 31 heavy (non-hydrogen) atoms. The molecule has 5 nitrogen and oxygen atoms in total. The number of nitrogens with zero attached hydrogens (tertiary/aromatic N) is 2. The van der Waals surface area contributed by atoms with E-state index in [4.69, 9.17) is 4.98 Å². The van der Waals surface area contributed by atoms with Gasteiger partial charge in [-0.15, -0.1) is 0 Å². The van der Waals surface area contributed by atoms with Gasteiger partial charge in [0.15, 0.2) is 5.16 Å². The maximum Gasteiger partial charge on any atom is 0.262 e. The molecule has 0 saturated heterocycles. The summed E-state index contributed by atoms with van der Waals surface area (Å²) in [5, 5.41) is 4.15. The van der Waals surface area contributed by atoms with Crippen molar-refractivity contribution < 1.29 is 4.79 Å². The summed E-state index contributed by atoms with van der Waals surface area (Å²) in [6.45, 7) is 11.6. The highest BCUT2D eigenvalue weighted by molar-refractivity contribution is 7.98. The van der Waals surface area contributed by atoms with Crippen molar-refractivity contribution in [2.45, 2.75) is 52.1 Å². The topological polar surface area (TPSA) is 64.0 Å². The van der Waals surface area contributed by atoms with Crippen molar-refractivity contribution in [1.29, 1.82) is 0 Å². The number of hydrogen-bond donors (Lipinski definition) is 1. The normalized spacial score (nSPS) is 11.5. The van der Waals surface area contributed by atoms with E-state index in [9.17, 15) is 9.59 Å². The largest absolute Gasteiger partial charge is 0.352 e. The molecule has 6 heteroatoms. The van der Waals surface area contributed by atoms with E-state index in [1.807, 2.05) is 0 Å². The maximum atomic E-state index is 13.2. The van der Waals surface area contributed by atoms with E-state index < -0.39 is 0 Å². The number of aryl methyl sites for hydroxylation is 1. The highest BCUT2D eigenvalue weighted by Gasteiger charge is 2.15. The number of thioether (sulfide) groups is 1. The van der Waals surface area contributed by atoms with E-state index in [1.54, 1.807) is 34.5 Å². The van der Waals surface area contributed by atoms with Gasteiger partial charge in [-0.3, -0.25) is 14.2 Å². The molecule has 0 saturated carbocycles. The van der Waals surface area contributed by atoms with Crippen molar-refractivity contribution in [2.75, 3.05) is 6.54 Å². The third-order valence-corrected chi connectivity index (χ3v) is 5.94. The molecule has 0 aliphatic rings. The fourth-order valence-corrected chi connectivity index (χ4v) is 4.17. The number of hydrogen-bond acceptors (Lipinski definition) is 4. The number of carbonyl (C=O) groups excluding carboxylic acids is 1. The molecular weight excluding hydrogens is 406 g/mol. The van der Waals surface area contributed by atoms with Gasteiger partial charge in [-0.05, 0) is 42.5 Å². The van der Waals surface area contributed by atoms with Crippen molar-refractivity contribution in [1.82, 2.24) is 14.9 Å². The van der Waals surface area contributed by atoms with Crippen LogP contribution in [0, 0.1) is 18.8 Å². The van der Waals surface area contributed by atoms with Gasteiger partial charge in [-0.25, -0.2) is 4.98 Å². The first-order valence-electron chi connectivity index (χ1n) is 10.8. The predicted molar refractivity (Wildman–Crippen MR) is 129 cm³/mol. The molecule has 0 atom stereocenters. The van der Waals surface area contributed by atoms with Gasteiger partial charge in [0.2, 0.25) is 0 Å². The Hall–Kier alpha value is -2.60. The molecule has 0 fully saturated rings. The Morgan fingerprint density at radius 2 is 1.77 bits per heavy atom. The predicted octanol–water partition coefficient (Wildman–Crippen LogP) is 5.04. The number of rotatable bonds is 8. The number of fused-ring (bicyclic) bond motifs is 1. The Labute approximate surface area is 188 Å². The van der Waals surface area contributed by atoms with Gasteiger partial charge >= 0.3 is 0 Å². The number of aromatic nitrogens is 2. The smallest absolute Gasteiger partial charge is 0.262 e. The van der Waals surface area contributed by atoms with E-state index in [0.717, 1.165) is 5.75 Å². The molecule has 0 spiro atoms. The van der Waals surface area contributed by atoms with Gasteiger partial charge in [0.1, 0.15) is 0 Å². The fourth-order valence-electron chi connectivity index (χ4n) is 3.21. The third kappa shape index (κ3) is 5.97. The summed E-state index contributed by atoms with van der Waals surface area (Å²) in [6, 6.07) is 13.5. The Morgan fingerprint density at radius 3 is 2.42 bits per heavy atom. The zero-order chi connectivity index (χ0) is 22.5. The molecule has 0 unspecified atom stereocenters. The molecule has 2 aromatic carbocycles. The van der Waals surface area contributed by atoms with Gasteiger partial charge in [0.05, 0.1) is 10.9 Å². The van der Waals surface area contributed by atoms with Crippen molar-refractivity contribution in [3.05, 3.63) is 69.5 Å². The van der Waals surface area contributed by atoms with E-state index in [0.29, 0.717) is 46.5 Å². The highest BCUT2D eigenvalue weighted by atomic mass is 32.2. The lowest BCUT2D eigenvalue weighted by Crippen LogP contribution is -2.28. The van der Waals surface area contributed by atoms with Crippen LogP contribution in [0.1, 0.15) is 49.2 Å². The third-order valence-electron chi connectivity index (χ3n) is 4.89. The van der Waals surface area contributed by atoms with Gasteiger partial charge in [0, 0.05) is 24.4 Å². The molecule has 0 radical (unpaired) electrons. The minimum atomic E-state index is -0.141. The fraction of sp³-hybridized carbons (Fsp3) is 0.400. The van der Waals surface area contributed by atoms with Gasteiger partial charge in [-0.2, -0.15) is 0 Å². The molecule has 1 amide bonds. The van der Waals surface area contributed by atoms with Crippen LogP contribution in [0.25, 0.3) is 10.9 Å². The minimum Gasteiger partial charge on any atom is -0.352 e. The van der Waals surface area contributed by atoms with Crippen molar-refractivity contribution in [3.63, 3.8) is 0 Å². The molecule has 0 bridgehead atoms. The van der Waals surface area contributed by atoms with Crippen LogP contribution in [-0.4, -0.2) is 22.0 Å². The second-order valence-corrected chi connectivity index (χ2v) is 9.76. The quantitative estimate of drug-likeness (QED) is 0.396. The monoisotopic (exact) mass is 437 g/mol. The van der Waals surface area contributed by atoms with Crippen LogP contribution in [0.2, 0.25) is 0 Å². The molecule has 0 aliphatic heterocycles. The first-order valence-corrected chi connectivity index (χ1v) is 11.7. The number of amides is 1. The molecule has 3 rings (SSSR count). The molecule has 0 aliphatic carbocycles. The van der Waals surface area contributed by atoms with Gasteiger partial charge in [-0.1, -0.05) is 69.3 Å². The summed E-state index contributed by atoms with van der Waals surface area (Å²) in [5.74, 6) is 1.27. The minimum absolute atomic E-state index is 0.0563. The van der Waals surface area contributed by atoms with Crippen LogP contribution < -0.4 is 10.9 Å². The first kappa shape index (κ1) is 23.1. The van der Waals surface area contributed by atoms with E-state index in [2.05, 4.69) is 64.2 Å². The number of nitrogens with one attached hydrogen (secondary N) is 1. The SMILES string of the molecule is Cc1ccc(CSc2nc3cc(C(=O)NCC(C)C)ccc3c(=O)n2CC(C)C)cc1. The first-order chi connectivity index (χ1) is 14.7. The molecule has 164 valence electrons. The second-order valence-electron chi connectivity index (χ2n) is 8.81. The summed E-state index contributed by atoms with van der Waals surface area (Å²) in [4.78, 5) is 30.5. The van der Waals surface area contributed by atoms with Crippen LogP contribution in [0.3, 0.4) is 0 Å². The zero-order valence-corrected chi connectivity index (χ0v) is 19.8. The van der Waals surface area contributed by atoms with Gasteiger partial charge in [0.25, 0.3) is 11.5 Å². The van der Waals surface area contributed by atoms with Gasteiger partial charge < -0.3 is 5.32 Å². The highest BCUT2D eigenvalue weighted by Crippen LogP contribution is 2.23. The molecule has 1 N–H and O–H groups in total. The van der Waals surface area contributed by atoms with Crippen LogP contribution >= 0.6 is 11.8 Å². The Morgan fingerprint density at radius 1 is 1.06 bits per heavy atom. The summed E-state index contributed by atoms with van der Waals surface area (Å²) in [7, 11) is 0.